The van der Waals surface area contributed by atoms with Crippen molar-refractivity contribution in [3.63, 3.8) is 0 Å². The molecule has 3 nitrogen and oxygen atoms in total. The van der Waals surface area contributed by atoms with Gasteiger partial charge < -0.3 is 14.6 Å². The maximum Gasteiger partial charge on any atom is 0.120 e. The van der Waals surface area contributed by atoms with Gasteiger partial charge in [-0.05, 0) is 79.3 Å². The van der Waals surface area contributed by atoms with Crippen LogP contribution in [0.15, 0.2) is 85.0 Å². The number of hydrogen-bond donors (Lipinski definition) is 1. The number of nitrogens with one attached hydrogen (secondary N) is 1. The molecule has 2 heterocycles. The second-order valence-electron chi connectivity index (χ2n) is 9.51. The van der Waals surface area contributed by atoms with Crippen LogP contribution in [0.2, 0.25) is 0 Å². The van der Waals surface area contributed by atoms with Gasteiger partial charge in [-0.2, -0.15) is 0 Å². The Bertz CT molecular complexity index is 1410. The second kappa shape index (κ2) is 7.84. The highest BCUT2D eigenvalue weighted by Gasteiger charge is 2.38. The lowest BCUT2D eigenvalue weighted by atomic mass is 9.77. The summed E-state index contributed by atoms with van der Waals surface area (Å²) in [7, 11) is 0. The zero-order valence-electron chi connectivity index (χ0n) is 19.3. The topological polar surface area (TPSA) is 26.2 Å². The van der Waals surface area contributed by atoms with Crippen LogP contribution in [0.4, 0.5) is 5.69 Å². The molecule has 0 fully saturated rings. The Morgan fingerprint density at radius 2 is 1.91 bits per heavy atom. The number of nitrogens with zero attached hydrogens (tertiary/aromatic N) is 1. The summed E-state index contributed by atoms with van der Waals surface area (Å²) in [5.41, 5.74) is 7.59. The Labute approximate surface area is 195 Å². The van der Waals surface area contributed by atoms with Gasteiger partial charge in [0.2, 0.25) is 0 Å². The van der Waals surface area contributed by atoms with E-state index < -0.39 is 0 Å². The summed E-state index contributed by atoms with van der Waals surface area (Å²) in [5.74, 6) is 1.84. The molecule has 1 aliphatic heterocycles. The first-order chi connectivity index (χ1) is 16.1. The second-order valence-corrected chi connectivity index (χ2v) is 9.51. The Kier molecular flexibility index (Phi) is 4.79. The highest BCUT2D eigenvalue weighted by molar-refractivity contribution is 6.08. The Balaban J connectivity index is 1.41. The third-order valence-corrected chi connectivity index (χ3v) is 7.29. The van der Waals surface area contributed by atoms with Gasteiger partial charge in [0.05, 0.1) is 6.04 Å². The van der Waals surface area contributed by atoms with Crippen LogP contribution in [0, 0.1) is 5.92 Å². The maximum atomic E-state index is 5.94. The molecule has 0 amide bonds. The molecule has 4 aromatic rings. The molecule has 6 rings (SSSR count). The van der Waals surface area contributed by atoms with Gasteiger partial charge >= 0.3 is 0 Å². The molecule has 0 saturated heterocycles. The number of fused-ring (bicyclic) bond motifs is 6. The molecule has 3 heteroatoms. The number of aryl methyl sites for hydroxylation is 1. The predicted molar refractivity (Wildman–Crippen MR) is 138 cm³/mol. The van der Waals surface area contributed by atoms with Crippen LogP contribution < -0.4 is 10.1 Å². The summed E-state index contributed by atoms with van der Waals surface area (Å²) >= 11 is 0. The quantitative estimate of drug-likeness (QED) is 0.327. The third kappa shape index (κ3) is 3.26. The van der Waals surface area contributed by atoms with E-state index in [1.54, 1.807) is 0 Å². The summed E-state index contributed by atoms with van der Waals surface area (Å²) in [4.78, 5) is 0. The number of hydrogen-bond acceptors (Lipinski definition) is 2. The summed E-state index contributed by atoms with van der Waals surface area (Å²) in [6, 6.07) is 22.6. The first-order valence-corrected chi connectivity index (χ1v) is 12.0. The molecule has 3 atom stereocenters. The number of rotatable bonds is 5. The van der Waals surface area contributed by atoms with Gasteiger partial charge in [0.25, 0.3) is 0 Å². The molecule has 1 N–H and O–H groups in total. The minimum absolute atomic E-state index is 0.285. The van der Waals surface area contributed by atoms with E-state index in [1.807, 2.05) is 6.92 Å². The SMILES string of the molecule is C=C(C)COc1ccc2c(c1)C1C=CCC1C(c1ccc3c(c1)c1ccccc1n3CC)N2. The molecular weight excluding hydrogens is 404 g/mol. The summed E-state index contributed by atoms with van der Waals surface area (Å²) < 4.78 is 8.36. The van der Waals surface area contributed by atoms with Crippen molar-refractivity contribution in [2.45, 2.75) is 38.8 Å². The van der Waals surface area contributed by atoms with Crippen LogP contribution in [-0.4, -0.2) is 11.2 Å². The van der Waals surface area contributed by atoms with Crippen LogP contribution in [0.5, 0.6) is 5.75 Å². The lowest BCUT2D eigenvalue weighted by molar-refractivity contribution is 0.350. The van der Waals surface area contributed by atoms with E-state index in [0.29, 0.717) is 18.4 Å². The van der Waals surface area contributed by atoms with Crippen molar-refractivity contribution in [1.82, 2.24) is 4.57 Å². The van der Waals surface area contributed by atoms with E-state index in [9.17, 15) is 0 Å². The number of para-hydroxylation sites is 1. The van der Waals surface area contributed by atoms with Gasteiger partial charge in [-0.25, -0.2) is 0 Å². The fraction of sp³-hybridized carbons (Fsp3) is 0.267. The molecule has 0 bridgehead atoms. The number of anilines is 1. The summed E-state index contributed by atoms with van der Waals surface area (Å²) in [5, 5.41) is 6.58. The van der Waals surface area contributed by atoms with Crippen LogP contribution in [0.1, 0.15) is 43.4 Å². The molecule has 1 aliphatic carbocycles. The standard InChI is InChI=1S/C30H30N2O/c1-4-32-28-11-6-5-8-23(28)26-16-20(12-15-29(26)32)30-24-10-7-9-22(24)25-17-21(33-18-19(2)3)13-14-27(25)31-30/h5-9,11-17,22,24,30-31H,2,4,10,18H2,1,3H3. The molecule has 166 valence electrons. The predicted octanol–water partition coefficient (Wildman–Crippen LogP) is 7.60. The van der Waals surface area contributed by atoms with Crippen molar-refractivity contribution in [2.75, 3.05) is 11.9 Å². The van der Waals surface area contributed by atoms with Crippen LogP contribution in [0.25, 0.3) is 21.8 Å². The molecular formula is C30H30N2O. The van der Waals surface area contributed by atoms with Gasteiger partial charge in [-0.1, -0.05) is 43.0 Å². The van der Waals surface area contributed by atoms with Gasteiger partial charge in [0.1, 0.15) is 12.4 Å². The fourth-order valence-electron chi connectivity index (χ4n) is 5.80. The van der Waals surface area contributed by atoms with Gasteiger partial charge in [-0.3, -0.25) is 0 Å². The van der Waals surface area contributed by atoms with Crippen molar-refractivity contribution in [3.8, 4) is 5.75 Å². The van der Waals surface area contributed by atoms with Crippen molar-refractivity contribution in [1.29, 1.82) is 0 Å². The maximum absolute atomic E-state index is 5.94. The Hall–Kier alpha value is -3.46. The lowest BCUT2D eigenvalue weighted by Gasteiger charge is -2.37. The smallest absolute Gasteiger partial charge is 0.120 e. The average Bonchev–Trinajstić information content (AvgIpc) is 3.45. The van der Waals surface area contributed by atoms with Gasteiger partial charge in [0.15, 0.2) is 0 Å². The largest absolute Gasteiger partial charge is 0.489 e. The summed E-state index contributed by atoms with van der Waals surface area (Å²) in [6.07, 6.45) is 5.83. The van der Waals surface area contributed by atoms with Crippen LogP contribution in [0.3, 0.4) is 0 Å². The Morgan fingerprint density at radius 3 is 2.76 bits per heavy atom. The van der Waals surface area contributed by atoms with E-state index in [1.165, 1.54) is 38.6 Å². The molecule has 1 aromatic heterocycles. The molecule has 0 saturated carbocycles. The van der Waals surface area contributed by atoms with Crippen LogP contribution >= 0.6 is 0 Å². The first kappa shape index (κ1) is 20.2. The molecule has 3 unspecified atom stereocenters. The van der Waals surface area contributed by atoms with Crippen molar-refractivity contribution >= 4 is 27.5 Å². The lowest BCUT2D eigenvalue weighted by Crippen LogP contribution is -2.29. The number of ether oxygens (including phenoxy) is 1. The number of aromatic nitrogens is 1. The van der Waals surface area contributed by atoms with Crippen molar-refractivity contribution < 1.29 is 4.74 Å². The van der Waals surface area contributed by atoms with E-state index in [2.05, 4.69) is 96.2 Å². The monoisotopic (exact) mass is 434 g/mol. The normalized spacial score (nSPS) is 21.1. The minimum atomic E-state index is 0.285. The van der Waals surface area contributed by atoms with E-state index >= 15 is 0 Å². The first-order valence-electron chi connectivity index (χ1n) is 12.0. The fourth-order valence-corrected chi connectivity index (χ4v) is 5.80. The third-order valence-electron chi connectivity index (χ3n) is 7.29. The number of allylic oxidation sites excluding steroid dienone is 2. The van der Waals surface area contributed by atoms with Crippen LogP contribution in [-0.2, 0) is 6.54 Å². The minimum Gasteiger partial charge on any atom is -0.489 e. The van der Waals surface area contributed by atoms with Gasteiger partial charge in [-0.15, -0.1) is 0 Å². The molecule has 33 heavy (non-hydrogen) atoms. The van der Waals surface area contributed by atoms with E-state index in [0.717, 1.165) is 24.3 Å². The summed E-state index contributed by atoms with van der Waals surface area (Å²) in [6.45, 7) is 9.71. The zero-order chi connectivity index (χ0) is 22.5. The van der Waals surface area contributed by atoms with E-state index in [4.69, 9.17) is 4.74 Å². The Morgan fingerprint density at radius 1 is 1.06 bits per heavy atom. The molecule has 0 radical (unpaired) electrons. The van der Waals surface area contributed by atoms with Crippen molar-refractivity contribution in [3.05, 3.63) is 96.1 Å². The highest BCUT2D eigenvalue weighted by Crippen LogP contribution is 2.51. The molecule has 3 aromatic carbocycles. The average molecular weight is 435 g/mol. The zero-order valence-corrected chi connectivity index (χ0v) is 19.3. The van der Waals surface area contributed by atoms with E-state index in [-0.39, 0.29) is 6.04 Å². The highest BCUT2D eigenvalue weighted by atomic mass is 16.5. The van der Waals surface area contributed by atoms with Gasteiger partial charge in [0, 0.05) is 40.0 Å². The molecule has 2 aliphatic rings. The van der Waals surface area contributed by atoms with Crippen molar-refractivity contribution in [2.24, 2.45) is 5.92 Å². The number of benzene rings is 3. The molecule has 0 spiro atoms.